The number of aryl methyl sites for hydroxylation is 1. The van der Waals surface area contributed by atoms with Crippen molar-refractivity contribution >= 4 is 33.2 Å². The molecule has 1 saturated heterocycles. The summed E-state index contributed by atoms with van der Waals surface area (Å²) in [7, 11) is 0. The number of thiophene rings is 1. The molecule has 2 heterocycles. The van der Waals surface area contributed by atoms with E-state index >= 15 is 0 Å². The van der Waals surface area contributed by atoms with Gasteiger partial charge in [0.15, 0.2) is 0 Å². The van der Waals surface area contributed by atoms with E-state index in [4.69, 9.17) is 0 Å². The molecule has 2 nitrogen and oxygen atoms in total. The molecular formula is C13H18BrNOS. The predicted molar refractivity (Wildman–Crippen MR) is 75.6 cm³/mol. The van der Waals surface area contributed by atoms with E-state index in [0.717, 1.165) is 39.7 Å². The van der Waals surface area contributed by atoms with Gasteiger partial charge in [-0.3, -0.25) is 4.79 Å². The van der Waals surface area contributed by atoms with Crippen LogP contribution in [0, 0.1) is 18.8 Å². The number of halogens is 1. The Kier molecular flexibility index (Phi) is 3.93. The summed E-state index contributed by atoms with van der Waals surface area (Å²) in [5, 5.41) is 0. The lowest BCUT2D eigenvalue weighted by Crippen LogP contribution is -2.41. The average Bonchev–Trinajstić information content (AvgIpc) is 2.62. The molecule has 0 saturated carbocycles. The zero-order chi connectivity index (χ0) is 12.6. The molecule has 0 N–H and O–H groups in total. The molecule has 0 bridgehead atoms. The Morgan fingerprint density at radius 2 is 2.18 bits per heavy atom. The van der Waals surface area contributed by atoms with Gasteiger partial charge in [0.2, 0.25) is 0 Å². The third-order valence-electron chi connectivity index (χ3n) is 3.69. The Labute approximate surface area is 115 Å². The van der Waals surface area contributed by atoms with E-state index in [1.54, 1.807) is 11.3 Å². The van der Waals surface area contributed by atoms with Gasteiger partial charge in [-0.25, -0.2) is 0 Å². The van der Waals surface area contributed by atoms with E-state index in [1.807, 2.05) is 17.9 Å². The molecule has 1 aromatic rings. The van der Waals surface area contributed by atoms with Gasteiger partial charge in [-0.15, -0.1) is 11.3 Å². The maximum Gasteiger partial charge on any atom is 0.263 e. The van der Waals surface area contributed by atoms with Gasteiger partial charge < -0.3 is 4.90 Å². The van der Waals surface area contributed by atoms with E-state index in [9.17, 15) is 4.79 Å². The van der Waals surface area contributed by atoms with Crippen molar-refractivity contribution in [3.8, 4) is 0 Å². The van der Waals surface area contributed by atoms with Gasteiger partial charge in [0.05, 0.1) is 8.66 Å². The van der Waals surface area contributed by atoms with Crippen molar-refractivity contribution in [1.29, 1.82) is 0 Å². The van der Waals surface area contributed by atoms with Gasteiger partial charge in [0.25, 0.3) is 5.91 Å². The van der Waals surface area contributed by atoms with E-state index in [-0.39, 0.29) is 5.91 Å². The summed E-state index contributed by atoms with van der Waals surface area (Å²) < 4.78 is 1.07. The molecule has 0 aliphatic carbocycles. The molecule has 2 rings (SSSR count). The van der Waals surface area contributed by atoms with Gasteiger partial charge in [-0.2, -0.15) is 0 Å². The molecule has 1 aromatic heterocycles. The average molecular weight is 316 g/mol. The van der Waals surface area contributed by atoms with Crippen molar-refractivity contribution in [3.63, 3.8) is 0 Å². The molecule has 1 aliphatic heterocycles. The van der Waals surface area contributed by atoms with Crippen LogP contribution in [0.2, 0.25) is 0 Å². The second-order valence-corrected chi connectivity index (χ2v) is 7.43. The van der Waals surface area contributed by atoms with Crippen LogP contribution < -0.4 is 0 Å². The summed E-state index contributed by atoms with van der Waals surface area (Å²) in [6.45, 7) is 8.34. The largest absolute Gasteiger partial charge is 0.338 e. The van der Waals surface area contributed by atoms with Crippen LogP contribution in [-0.4, -0.2) is 23.9 Å². The van der Waals surface area contributed by atoms with Crippen molar-refractivity contribution < 1.29 is 4.79 Å². The Balaban J connectivity index is 2.10. The predicted octanol–water partition coefficient (Wildman–Crippen LogP) is 3.94. The van der Waals surface area contributed by atoms with Crippen LogP contribution in [0.3, 0.4) is 0 Å². The minimum Gasteiger partial charge on any atom is -0.338 e. The summed E-state index contributed by atoms with van der Waals surface area (Å²) in [6, 6.07) is 1.99. The number of likely N-dealkylation sites (tertiary alicyclic amines) is 1. The van der Waals surface area contributed by atoms with Crippen molar-refractivity contribution in [3.05, 3.63) is 20.3 Å². The fourth-order valence-electron chi connectivity index (χ4n) is 2.17. The lowest BCUT2D eigenvalue weighted by molar-refractivity contribution is 0.0632. The number of carbonyl (C=O) groups is 1. The molecular weight excluding hydrogens is 298 g/mol. The van der Waals surface area contributed by atoms with Crippen molar-refractivity contribution in [1.82, 2.24) is 4.90 Å². The first kappa shape index (κ1) is 13.1. The maximum atomic E-state index is 12.3. The number of carbonyl (C=O) groups excluding carboxylic acids is 1. The highest BCUT2D eigenvalue weighted by Crippen LogP contribution is 2.30. The molecule has 4 heteroatoms. The maximum absolute atomic E-state index is 12.3. The minimum absolute atomic E-state index is 0.197. The van der Waals surface area contributed by atoms with Crippen LogP contribution in [0.5, 0.6) is 0 Å². The molecule has 17 heavy (non-hydrogen) atoms. The van der Waals surface area contributed by atoms with Gasteiger partial charge in [0.1, 0.15) is 0 Å². The number of hydrogen-bond donors (Lipinski definition) is 0. The number of hydrogen-bond acceptors (Lipinski definition) is 2. The zero-order valence-corrected chi connectivity index (χ0v) is 12.9. The smallest absolute Gasteiger partial charge is 0.263 e. The second-order valence-electron chi connectivity index (χ2n) is 5.06. The highest BCUT2D eigenvalue weighted by atomic mass is 79.9. The third-order valence-corrected chi connectivity index (χ3v) is 5.81. The van der Waals surface area contributed by atoms with E-state index in [1.165, 1.54) is 0 Å². The van der Waals surface area contributed by atoms with Gasteiger partial charge in [0, 0.05) is 13.1 Å². The Bertz CT molecular complexity index is 410. The summed E-state index contributed by atoms with van der Waals surface area (Å²) in [6.07, 6.45) is 1.12. The summed E-state index contributed by atoms with van der Waals surface area (Å²) in [5.74, 6) is 1.54. The fourth-order valence-corrected chi connectivity index (χ4v) is 3.67. The Morgan fingerprint density at radius 1 is 1.47 bits per heavy atom. The van der Waals surface area contributed by atoms with Gasteiger partial charge in [-0.05, 0) is 52.7 Å². The van der Waals surface area contributed by atoms with E-state index < -0.39 is 0 Å². The highest BCUT2D eigenvalue weighted by Gasteiger charge is 2.27. The number of rotatable bonds is 1. The van der Waals surface area contributed by atoms with Gasteiger partial charge in [-0.1, -0.05) is 13.8 Å². The van der Waals surface area contributed by atoms with Crippen LogP contribution in [0.4, 0.5) is 0 Å². The minimum atomic E-state index is 0.197. The standard InChI is InChI=1S/C13H18BrNOS/c1-8-4-5-15(7-10(8)3)13(16)11-6-9(2)12(14)17-11/h6,8,10H,4-5,7H2,1-3H3. The molecule has 1 aliphatic rings. The summed E-state index contributed by atoms with van der Waals surface area (Å²) in [5.41, 5.74) is 1.15. The third kappa shape index (κ3) is 2.74. The molecule has 1 fully saturated rings. The molecule has 0 radical (unpaired) electrons. The van der Waals surface area contributed by atoms with Crippen LogP contribution in [-0.2, 0) is 0 Å². The first-order valence-electron chi connectivity index (χ1n) is 6.04. The van der Waals surface area contributed by atoms with E-state index in [2.05, 4.69) is 29.8 Å². The SMILES string of the molecule is Cc1cc(C(=O)N2CCC(C)C(C)C2)sc1Br. The highest BCUT2D eigenvalue weighted by molar-refractivity contribution is 9.11. The Morgan fingerprint density at radius 3 is 2.71 bits per heavy atom. The van der Waals surface area contributed by atoms with Crippen LogP contribution >= 0.6 is 27.3 Å². The quantitative estimate of drug-likeness (QED) is 0.768. The monoisotopic (exact) mass is 315 g/mol. The second kappa shape index (κ2) is 5.11. The molecule has 0 aromatic carbocycles. The number of amides is 1. The van der Waals surface area contributed by atoms with Gasteiger partial charge >= 0.3 is 0 Å². The Hall–Kier alpha value is -0.350. The zero-order valence-electron chi connectivity index (χ0n) is 10.5. The number of piperidine rings is 1. The first-order chi connectivity index (χ1) is 7.99. The van der Waals surface area contributed by atoms with Crippen molar-refractivity contribution in [2.45, 2.75) is 27.2 Å². The lowest BCUT2D eigenvalue weighted by Gasteiger charge is -2.35. The van der Waals surface area contributed by atoms with Crippen LogP contribution in [0.1, 0.15) is 35.5 Å². The summed E-state index contributed by atoms with van der Waals surface area (Å²) >= 11 is 5.02. The molecule has 1 amide bonds. The van der Waals surface area contributed by atoms with E-state index in [0.29, 0.717) is 5.92 Å². The van der Waals surface area contributed by atoms with Crippen LogP contribution in [0.15, 0.2) is 9.85 Å². The molecule has 2 unspecified atom stereocenters. The number of nitrogens with zero attached hydrogens (tertiary/aromatic N) is 1. The molecule has 0 spiro atoms. The van der Waals surface area contributed by atoms with Crippen LogP contribution in [0.25, 0.3) is 0 Å². The first-order valence-corrected chi connectivity index (χ1v) is 7.65. The summed E-state index contributed by atoms with van der Waals surface area (Å²) in [4.78, 5) is 15.2. The topological polar surface area (TPSA) is 20.3 Å². The molecule has 2 atom stereocenters. The van der Waals surface area contributed by atoms with Crippen molar-refractivity contribution in [2.24, 2.45) is 11.8 Å². The van der Waals surface area contributed by atoms with Crippen molar-refractivity contribution in [2.75, 3.05) is 13.1 Å². The lowest BCUT2D eigenvalue weighted by atomic mass is 9.88. The normalized spacial score (nSPS) is 25.1. The molecule has 94 valence electrons. The fraction of sp³-hybridized carbons (Fsp3) is 0.615.